The minimum Gasteiger partial charge on any atom is -0.356 e. The molecule has 0 saturated heterocycles. The fraction of sp³-hybridized carbons (Fsp3) is 0.250. The van der Waals surface area contributed by atoms with Crippen LogP contribution in [0.2, 0.25) is 0 Å². The molecule has 1 unspecified atom stereocenters. The molecule has 0 bridgehead atoms. The Labute approximate surface area is 155 Å². The maximum Gasteiger partial charge on any atom is 0.254 e. The molecule has 0 fully saturated rings. The van der Waals surface area contributed by atoms with Gasteiger partial charge >= 0.3 is 0 Å². The number of H-pyrrole nitrogens is 1. The summed E-state index contributed by atoms with van der Waals surface area (Å²) in [6, 6.07) is 16.4. The van der Waals surface area contributed by atoms with Crippen LogP contribution in [0.15, 0.2) is 48.5 Å². The molecular formula is C20H19IN2O. The molecular weight excluding hydrogens is 411 g/mol. The van der Waals surface area contributed by atoms with E-state index >= 15 is 0 Å². The molecule has 1 aliphatic rings. The van der Waals surface area contributed by atoms with E-state index in [1.165, 1.54) is 22.2 Å². The van der Waals surface area contributed by atoms with Crippen LogP contribution < -0.4 is 0 Å². The van der Waals surface area contributed by atoms with Crippen LogP contribution >= 0.6 is 22.6 Å². The molecule has 2 heterocycles. The van der Waals surface area contributed by atoms with E-state index in [2.05, 4.69) is 58.8 Å². The quantitative estimate of drug-likeness (QED) is 0.576. The maximum absolute atomic E-state index is 13.0. The van der Waals surface area contributed by atoms with Gasteiger partial charge in [0.1, 0.15) is 0 Å². The Morgan fingerprint density at radius 2 is 1.96 bits per heavy atom. The summed E-state index contributed by atoms with van der Waals surface area (Å²) >= 11 is 2.26. The number of nitrogens with one attached hydrogen (secondary N) is 1. The first-order valence-corrected chi connectivity index (χ1v) is 9.43. The Bertz CT molecular complexity index is 898. The minimum atomic E-state index is 0.118. The van der Waals surface area contributed by atoms with Gasteiger partial charge in [-0.05, 0) is 71.3 Å². The van der Waals surface area contributed by atoms with E-state index < -0.39 is 0 Å². The average molecular weight is 430 g/mol. The predicted molar refractivity (Wildman–Crippen MR) is 105 cm³/mol. The third-order valence-electron chi connectivity index (χ3n) is 4.90. The molecule has 1 amide bonds. The minimum absolute atomic E-state index is 0.118. The van der Waals surface area contributed by atoms with Crippen molar-refractivity contribution in [3.05, 3.63) is 68.9 Å². The molecule has 3 nitrogen and oxygen atoms in total. The van der Waals surface area contributed by atoms with Crippen molar-refractivity contribution in [1.29, 1.82) is 0 Å². The third kappa shape index (κ3) is 2.53. The van der Waals surface area contributed by atoms with E-state index in [1.54, 1.807) is 0 Å². The van der Waals surface area contributed by atoms with Crippen molar-refractivity contribution in [2.75, 3.05) is 6.54 Å². The van der Waals surface area contributed by atoms with Gasteiger partial charge in [0.05, 0.1) is 6.04 Å². The molecule has 0 saturated carbocycles. The Morgan fingerprint density at radius 1 is 1.21 bits per heavy atom. The number of para-hydroxylation sites is 1. The van der Waals surface area contributed by atoms with Crippen molar-refractivity contribution in [2.24, 2.45) is 0 Å². The Kier molecular flexibility index (Phi) is 4.08. The number of hydrogen-bond acceptors (Lipinski definition) is 1. The van der Waals surface area contributed by atoms with E-state index in [4.69, 9.17) is 0 Å². The zero-order valence-electron chi connectivity index (χ0n) is 13.6. The van der Waals surface area contributed by atoms with Crippen molar-refractivity contribution < 1.29 is 4.79 Å². The Morgan fingerprint density at radius 3 is 2.71 bits per heavy atom. The molecule has 3 aromatic rings. The van der Waals surface area contributed by atoms with Crippen molar-refractivity contribution in [3.8, 4) is 0 Å². The number of amides is 1. The molecule has 2 aromatic carbocycles. The molecule has 1 N–H and O–H groups in total. The fourth-order valence-electron chi connectivity index (χ4n) is 3.74. The molecule has 122 valence electrons. The highest BCUT2D eigenvalue weighted by atomic mass is 127. The summed E-state index contributed by atoms with van der Waals surface area (Å²) in [6.45, 7) is 2.93. The van der Waals surface area contributed by atoms with Crippen LogP contribution in [0.3, 0.4) is 0 Å². The first kappa shape index (κ1) is 15.7. The highest BCUT2D eigenvalue weighted by Gasteiger charge is 2.32. The zero-order chi connectivity index (χ0) is 16.7. The van der Waals surface area contributed by atoms with Crippen molar-refractivity contribution in [1.82, 2.24) is 9.88 Å². The molecule has 0 spiro atoms. The summed E-state index contributed by atoms with van der Waals surface area (Å²) in [4.78, 5) is 18.6. The lowest BCUT2D eigenvalue weighted by Crippen LogP contribution is -2.39. The molecule has 0 aliphatic carbocycles. The largest absolute Gasteiger partial charge is 0.356 e. The third-order valence-corrected chi connectivity index (χ3v) is 5.62. The van der Waals surface area contributed by atoms with Gasteiger partial charge < -0.3 is 9.88 Å². The molecule has 1 aliphatic heterocycles. The number of benzene rings is 2. The fourth-order valence-corrected chi connectivity index (χ4v) is 4.10. The lowest BCUT2D eigenvalue weighted by molar-refractivity contribution is 0.0652. The van der Waals surface area contributed by atoms with Gasteiger partial charge in [-0.2, -0.15) is 0 Å². The number of halogens is 1. The van der Waals surface area contributed by atoms with Gasteiger partial charge in [0.25, 0.3) is 5.91 Å². The first-order chi connectivity index (χ1) is 11.7. The summed E-state index contributed by atoms with van der Waals surface area (Å²) < 4.78 is 1.15. The van der Waals surface area contributed by atoms with E-state index in [-0.39, 0.29) is 11.9 Å². The molecule has 4 heteroatoms. The Hall–Kier alpha value is -1.82. The van der Waals surface area contributed by atoms with Crippen LogP contribution in [-0.2, 0) is 6.42 Å². The molecule has 1 atom stereocenters. The summed E-state index contributed by atoms with van der Waals surface area (Å²) in [5.41, 5.74) is 4.53. The number of nitrogens with zero attached hydrogens (tertiary/aromatic N) is 1. The molecule has 1 aromatic heterocycles. The highest BCUT2D eigenvalue weighted by molar-refractivity contribution is 14.1. The molecule has 24 heavy (non-hydrogen) atoms. The summed E-state index contributed by atoms with van der Waals surface area (Å²) in [5, 5.41) is 1.30. The Balaban J connectivity index is 1.73. The zero-order valence-corrected chi connectivity index (χ0v) is 15.7. The predicted octanol–water partition coefficient (Wildman–Crippen LogP) is 4.92. The van der Waals surface area contributed by atoms with E-state index in [9.17, 15) is 4.79 Å². The van der Waals surface area contributed by atoms with Gasteiger partial charge in [-0.1, -0.05) is 25.1 Å². The highest BCUT2D eigenvalue weighted by Crippen LogP contribution is 2.36. The molecule has 4 rings (SSSR count). The van der Waals surface area contributed by atoms with Gasteiger partial charge in [-0.3, -0.25) is 4.79 Å². The van der Waals surface area contributed by atoms with Gasteiger partial charge in [-0.25, -0.2) is 0 Å². The van der Waals surface area contributed by atoms with Gasteiger partial charge in [0, 0.05) is 32.3 Å². The SMILES string of the molecule is CCC1c2[nH]c3ccccc3c2CCN1C(=O)c1ccc(I)cc1. The van der Waals surface area contributed by atoms with Crippen LogP contribution in [0, 0.1) is 3.57 Å². The normalized spacial score (nSPS) is 17.1. The van der Waals surface area contributed by atoms with Crippen LogP contribution in [0.5, 0.6) is 0 Å². The second-order valence-corrected chi connectivity index (χ2v) is 7.49. The second kappa shape index (κ2) is 6.24. The topological polar surface area (TPSA) is 36.1 Å². The number of carbonyl (C=O) groups is 1. The van der Waals surface area contributed by atoms with E-state index in [1.807, 2.05) is 29.2 Å². The van der Waals surface area contributed by atoms with Crippen LogP contribution in [0.1, 0.15) is 41.0 Å². The van der Waals surface area contributed by atoms with Crippen molar-refractivity contribution >= 4 is 39.4 Å². The molecule has 0 radical (unpaired) electrons. The van der Waals surface area contributed by atoms with Crippen LogP contribution in [-0.4, -0.2) is 22.3 Å². The number of aromatic amines is 1. The number of carbonyl (C=O) groups excluding carboxylic acids is 1. The average Bonchev–Trinajstić information content (AvgIpc) is 2.99. The number of fused-ring (bicyclic) bond motifs is 3. The number of hydrogen-bond donors (Lipinski definition) is 1. The van der Waals surface area contributed by atoms with Crippen molar-refractivity contribution in [3.63, 3.8) is 0 Å². The first-order valence-electron chi connectivity index (χ1n) is 8.35. The lowest BCUT2D eigenvalue weighted by Gasteiger charge is -2.35. The lowest BCUT2D eigenvalue weighted by atomic mass is 9.95. The second-order valence-electron chi connectivity index (χ2n) is 6.24. The van der Waals surface area contributed by atoms with Crippen LogP contribution in [0.4, 0.5) is 0 Å². The van der Waals surface area contributed by atoms with Crippen LogP contribution in [0.25, 0.3) is 10.9 Å². The van der Waals surface area contributed by atoms with E-state index in [0.717, 1.165) is 28.5 Å². The van der Waals surface area contributed by atoms with Crippen molar-refractivity contribution in [2.45, 2.75) is 25.8 Å². The van der Waals surface area contributed by atoms with Gasteiger partial charge in [0.15, 0.2) is 0 Å². The maximum atomic E-state index is 13.0. The summed E-state index contributed by atoms with van der Waals surface area (Å²) in [6.07, 6.45) is 1.82. The summed E-state index contributed by atoms with van der Waals surface area (Å²) in [7, 11) is 0. The number of rotatable bonds is 2. The standard InChI is InChI=1S/C20H19IN2O/c1-2-18-19-16(15-5-3-4-6-17(15)22-19)11-12-23(18)20(24)13-7-9-14(21)10-8-13/h3-10,18,22H,2,11-12H2,1H3. The summed E-state index contributed by atoms with van der Waals surface area (Å²) in [5.74, 6) is 0.127. The smallest absolute Gasteiger partial charge is 0.254 e. The van der Waals surface area contributed by atoms with Gasteiger partial charge in [-0.15, -0.1) is 0 Å². The number of aromatic nitrogens is 1. The monoisotopic (exact) mass is 430 g/mol. The van der Waals surface area contributed by atoms with E-state index in [0.29, 0.717) is 0 Å². The van der Waals surface area contributed by atoms with Gasteiger partial charge in [0.2, 0.25) is 0 Å².